The van der Waals surface area contributed by atoms with Crippen LogP contribution < -0.4 is 0 Å². The zero-order chi connectivity index (χ0) is 33.7. The van der Waals surface area contributed by atoms with Gasteiger partial charge in [0.05, 0.1) is 57.4 Å². The van der Waals surface area contributed by atoms with Gasteiger partial charge in [-0.1, -0.05) is 13.0 Å². The van der Waals surface area contributed by atoms with Crippen LogP contribution in [0.3, 0.4) is 0 Å². The van der Waals surface area contributed by atoms with Crippen molar-refractivity contribution in [3.05, 3.63) is 24.0 Å². The lowest BCUT2D eigenvalue weighted by Gasteiger charge is -2.65. The molecule has 3 saturated carbocycles. The Bertz CT molecular complexity index is 1510. The number of carbonyl (C=O) groups excluding carboxylic acids is 3. The minimum absolute atomic E-state index is 0.115. The van der Waals surface area contributed by atoms with Crippen LogP contribution in [0.1, 0.15) is 47.0 Å². The third kappa shape index (κ3) is 3.16. The SMILES string of the molecule is C/C=C(/C)C(=O)O[C@@H]1CC[C@]2(C(=O)OC)CO[C@H]3[C@@H](O)[C@@](C)([C@]45O[C@]4(C)[C@H]4C[C@H]5O[C@@H]5OC=C[C@]54O)[C@@H]4[C@]1(CO[C@]4(O)C(=O)OC)[C@@H]32. The van der Waals surface area contributed by atoms with Gasteiger partial charge in [0.15, 0.2) is 5.60 Å². The third-order valence-corrected chi connectivity index (χ3v) is 13.8. The number of esters is 3. The lowest BCUT2D eigenvalue weighted by atomic mass is 9.38. The summed E-state index contributed by atoms with van der Waals surface area (Å²) in [6, 6.07) is 0. The zero-order valence-electron chi connectivity index (χ0n) is 27.2. The molecule has 47 heavy (non-hydrogen) atoms. The van der Waals surface area contributed by atoms with Crippen LogP contribution in [0, 0.1) is 34.0 Å². The number of carbonyl (C=O) groups is 3. The van der Waals surface area contributed by atoms with Crippen LogP contribution >= 0.6 is 0 Å². The molecule has 0 radical (unpaired) electrons. The molecule has 258 valence electrons. The first-order chi connectivity index (χ1) is 22.1. The Hall–Kier alpha value is -2.59. The molecule has 2 bridgehead atoms. The Labute approximate surface area is 271 Å². The molecule has 3 N–H and O–H groups in total. The fraction of sp³-hybridized carbons (Fsp3) is 0.788. The van der Waals surface area contributed by atoms with Crippen molar-refractivity contribution < 1.29 is 67.6 Å². The maximum Gasteiger partial charge on any atom is 0.366 e. The van der Waals surface area contributed by atoms with Crippen LogP contribution in [0.5, 0.6) is 0 Å². The lowest BCUT2D eigenvalue weighted by molar-refractivity contribution is -0.310. The predicted octanol–water partition coefficient (Wildman–Crippen LogP) is 0.255. The highest BCUT2D eigenvalue weighted by Gasteiger charge is 2.96. The second-order valence-electron chi connectivity index (χ2n) is 15.1. The van der Waals surface area contributed by atoms with E-state index in [2.05, 4.69) is 0 Å². The maximum absolute atomic E-state index is 13.8. The Morgan fingerprint density at radius 1 is 1.06 bits per heavy atom. The van der Waals surface area contributed by atoms with Gasteiger partial charge in [-0.3, -0.25) is 4.79 Å². The fourth-order valence-corrected chi connectivity index (χ4v) is 11.9. The van der Waals surface area contributed by atoms with E-state index < -0.39 is 105 Å². The number of ether oxygens (including phenoxy) is 8. The first kappa shape index (κ1) is 31.7. The summed E-state index contributed by atoms with van der Waals surface area (Å²) in [5.74, 6) is -7.90. The molecule has 8 aliphatic rings. The maximum atomic E-state index is 13.8. The molecule has 5 heterocycles. The molecule has 14 heteroatoms. The average molecular weight is 663 g/mol. The molecule has 1 spiro atoms. The summed E-state index contributed by atoms with van der Waals surface area (Å²) in [5, 5.41) is 37.1. The Kier molecular flexibility index (Phi) is 6.30. The Morgan fingerprint density at radius 2 is 1.79 bits per heavy atom. The highest BCUT2D eigenvalue weighted by molar-refractivity contribution is 5.88. The summed E-state index contributed by atoms with van der Waals surface area (Å²) in [6.45, 7) is 6.37. The summed E-state index contributed by atoms with van der Waals surface area (Å²) < 4.78 is 48.1. The molecule has 15 atom stereocenters. The van der Waals surface area contributed by atoms with Crippen LogP contribution in [-0.2, 0) is 52.3 Å². The highest BCUT2D eigenvalue weighted by Crippen LogP contribution is 2.82. The van der Waals surface area contributed by atoms with Crippen molar-refractivity contribution in [3.63, 3.8) is 0 Å². The lowest BCUT2D eigenvalue weighted by Crippen LogP contribution is -2.77. The van der Waals surface area contributed by atoms with Gasteiger partial charge in [0.2, 0.25) is 6.29 Å². The summed E-state index contributed by atoms with van der Waals surface area (Å²) in [7, 11) is 2.38. The molecule has 0 aromatic heterocycles. The van der Waals surface area contributed by atoms with E-state index in [4.69, 9.17) is 37.9 Å². The monoisotopic (exact) mass is 662 g/mol. The standard InChI is InChI=1S/C33H42O14/c1-7-15(2)22(35)45-17-8-9-29(24(36)40-5)13-43-19-20(29)30(17)14-44-32(39,25(37)41-6)23(30)27(3,21(19)34)33-18-12-16(28(33,4)47-33)31(38)10-11-42-26(31)46-18/h7,10-11,16-21,23,26,34,38-39H,8-9,12-14H2,1-6H3/b15-7-/t16-,17-,18-,19-,20+,21-,23-,26+,27-,28-,29+,30+,31-,32+,33+/m1/s1. The first-order valence-electron chi connectivity index (χ1n) is 16.2. The second-order valence-corrected chi connectivity index (χ2v) is 15.1. The average Bonchev–Trinajstić information content (AvgIpc) is 3.42. The molecule has 0 aromatic rings. The van der Waals surface area contributed by atoms with Crippen molar-refractivity contribution in [2.24, 2.45) is 34.0 Å². The predicted molar refractivity (Wildman–Crippen MR) is 153 cm³/mol. The van der Waals surface area contributed by atoms with Crippen molar-refractivity contribution in [2.75, 3.05) is 27.4 Å². The molecule has 3 aliphatic carbocycles. The molecule has 0 unspecified atom stereocenters. The van der Waals surface area contributed by atoms with Gasteiger partial charge in [-0.2, -0.15) is 0 Å². The van der Waals surface area contributed by atoms with E-state index in [0.29, 0.717) is 12.0 Å². The van der Waals surface area contributed by atoms with Crippen LogP contribution in [0.4, 0.5) is 0 Å². The molecule has 8 rings (SSSR count). The molecule has 0 amide bonds. The van der Waals surface area contributed by atoms with E-state index in [1.54, 1.807) is 26.8 Å². The molecule has 7 fully saturated rings. The van der Waals surface area contributed by atoms with Gasteiger partial charge in [0, 0.05) is 34.2 Å². The van der Waals surface area contributed by atoms with Gasteiger partial charge in [-0.25, -0.2) is 9.59 Å². The summed E-state index contributed by atoms with van der Waals surface area (Å²) in [5.41, 5.74) is -8.28. The van der Waals surface area contributed by atoms with Gasteiger partial charge in [0.25, 0.3) is 5.79 Å². The number of aliphatic hydroxyl groups is 3. The van der Waals surface area contributed by atoms with Gasteiger partial charge in [-0.05, 0) is 46.1 Å². The number of methoxy groups -OCH3 is 2. The number of hydrogen-bond acceptors (Lipinski definition) is 14. The van der Waals surface area contributed by atoms with E-state index in [-0.39, 0.29) is 26.1 Å². The summed E-state index contributed by atoms with van der Waals surface area (Å²) >= 11 is 0. The van der Waals surface area contributed by atoms with Gasteiger partial charge in [-0.15, -0.1) is 0 Å². The van der Waals surface area contributed by atoms with E-state index in [1.807, 2.05) is 6.92 Å². The van der Waals surface area contributed by atoms with Crippen molar-refractivity contribution in [1.29, 1.82) is 0 Å². The highest BCUT2D eigenvalue weighted by atomic mass is 16.7. The third-order valence-electron chi connectivity index (χ3n) is 13.8. The van der Waals surface area contributed by atoms with Crippen molar-refractivity contribution in [2.45, 2.75) is 100 Å². The van der Waals surface area contributed by atoms with Gasteiger partial charge in [0.1, 0.15) is 17.3 Å². The summed E-state index contributed by atoms with van der Waals surface area (Å²) in [4.78, 5) is 41.0. The normalized spacial score (nSPS) is 56.1. The van der Waals surface area contributed by atoms with E-state index in [0.717, 1.165) is 7.11 Å². The Morgan fingerprint density at radius 3 is 2.47 bits per heavy atom. The zero-order valence-corrected chi connectivity index (χ0v) is 27.2. The molecule has 14 nitrogen and oxygen atoms in total. The number of fused-ring (bicyclic) bond motifs is 7. The van der Waals surface area contributed by atoms with E-state index in [9.17, 15) is 29.7 Å². The topological polar surface area (TPSA) is 189 Å². The first-order valence-corrected chi connectivity index (χ1v) is 16.2. The molecule has 5 aliphatic heterocycles. The Balaban J connectivity index is 1.38. The van der Waals surface area contributed by atoms with Crippen LogP contribution in [0.2, 0.25) is 0 Å². The van der Waals surface area contributed by atoms with E-state index in [1.165, 1.54) is 19.4 Å². The molecular formula is C33H42O14. The minimum atomic E-state index is -2.70. The van der Waals surface area contributed by atoms with Gasteiger partial charge >= 0.3 is 17.9 Å². The van der Waals surface area contributed by atoms with Crippen molar-refractivity contribution in [3.8, 4) is 0 Å². The minimum Gasteiger partial charge on any atom is -0.469 e. The number of aliphatic hydroxyl groups excluding tert-OH is 1. The number of rotatable bonds is 5. The van der Waals surface area contributed by atoms with Crippen molar-refractivity contribution >= 4 is 17.9 Å². The van der Waals surface area contributed by atoms with Crippen LogP contribution in [0.15, 0.2) is 24.0 Å². The van der Waals surface area contributed by atoms with Crippen molar-refractivity contribution in [1.82, 2.24) is 0 Å². The summed E-state index contributed by atoms with van der Waals surface area (Å²) in [6.07, 6.45) is -0.193. The molecule has 4 saturated heterocycles. The number of hydrogen-bond donors (Lipinski definition) is 3. The van der Waals surface area contributed by atoms with Crippen LogP contribution in [-0.4, -0.2) is 114 Å². The number of allylic oxidation sites excluding steroid dienone is 1. The van der Waals surface area contributed by atoms with Crippen LogP contribution in [0.25, 0.3) is 0 Å². The van der Waals surface area contributed by atoms with E-state index >= 15 is 0 Å². The quantitative estimate of drug-likeness (QED) is 0.157. The molecular weight excluding hydrogens is 620 g/mol. The fourth-order valence-electron chi connectivity index (χ4n) is 11.9. The number of epoxide rings is 1. The largest absolute Gasteiger partial charge is 0.469 e. The smallest absolute Gasteiger partial charge is 0.366 e. The van der Waals surface area contributed by atoms with Gasteiger partial charge < -0.3 is 53.2 Å². The second kappa shape index (κ2) is 9.34. The molecule has 0 aromatic carbocycles.